The molecule has 0 spiro atoms. The molecule has 0 fully saturated rings. The number of likely N-dealkylation sites (N-methyl/N-ethyl adjacent to an activating group) is 1. The molecule has 8 heteroatoms. The first-order valence-corrected chi connectivity index (χ1v) is 10.1. The van der Waals surface area contributed by atoms with E-state index >= 15 is 0 Å². The summed E-state index contributed by atoms with van der Waals surface area (Å²) in [6.45, 7) is 1.19. The molecule has 168 valence electrons. The molecule has 0 aliphatic heterocycles. The SMILES string of the molecule is CN(CCc1ccccc1)Cc1ccc(C(=O)NCc2cccc(C(F)(F)F)c2)c(=O)[nH]1. The first-order valence-electron chi connectivity index (χ1n) is 10.1. The predicted octanol–water partition coefficient (Wildman–Crippen LogP) is 4.00. The number of nitrogens with one attached hydrogen (secondary N) is 2. The second-order valence-corrected chi connectivity index (χ2v) is 7.58. The van der Waals surface area contributed by atoms with Crippen LogP contribution in [0.25, 0.3) is 0 Å². The van der Waals surface area contributed by atoms with Crippen molar-refractivity contribution >= 4 is 5.91 Å². The minimum absolute atomic E-state index is 0.0901. The van der Waals surface area contributed by atoms with E-state index in [1.165, 1.54) is 23.8 Å². The van der Waals surface area contributed by atoms with Gasteiger partial charge in [0.05, 0.1) is 5.56 Å². The Morgan fingerprint density at radius 1 is 1.00 bits per heavy atom. The Balaban J connectivity index is 1.56. The molecule has 0 radical (unpaired) electrons. The maximum atomic E-state index is 12.8. The van der Waals surface area contributed by atoms with Crippen LogP contribution in [0.2, 0.25) is 0 Å². The highest BCUT2D eigenvalue weighted by Gasteiger charge is 2.30. The number of carbonyl (C=O) groups is 1. The van der Waals surface area contributed by atoms with Gasteiger partial charge >= 0.3 is 6.18 Å². The maximum Gasteiger partial charge on any atom is 0.416 e. The molecule has 1 heterocycles. The largest absolute Gasteiger partial charge is 0.416 e. The van der Waals surface area contributed by atoms with E-state index in [-0.39, 0.29) is 12.1 Å². The second-order valence-electron chi connectivity index (χ2n) is 7.58. The topological polar surface area (TPSA) is 65.2 Å². The highest BCUT2D eigenvalue weighted by Crippen LogP contribution is 2.29. The first-order chi connectivity index (χ1) is 15.2. The molecule has 0 bridgehead atoms. The van der Waals surface area contributed by atoms with Gasteiger partial charge < -0.3 is 15.2 Å². The number of hydrogen-bond acceptors (Lipinski definition) is 3. The van der Waals surface area contributed by atoms with Gasteiger partial charge in [0.25, 0.3) is 11.5 Å². The Hall–Kier alpha value is -3.39. The lowest BCUT2D eigenvalue weighted by molar-refractivity contribution is -0.137. The van der Waals surface area contributed by atoms with Crippen LogP contribution in [-0.2, 0) is 25.7 Å². The van der Waals surface area contributed by atoms with Crippen LogP contribution >= 0.6 is 0 Å². The number of carbonyl (C=O) groups excluding carboxylic acids is 1. The van der Waals surface area contributed by atoms with Gasteiger partial charge in [0.2, 0.25) is 0 Å². The molecule has 0 saturated heterocycles. The number of nitrogens with zero attached hydrogens (tertiary/aromatic N) is 1. The number of rotatable bonds is 8. The Morgan fingerprint density at radius 3 is 2.41 bits per heavy atom. The lowest BCUT2D eigenvalue weighted by Gasteiger charge is -2.16. The Morgan fingerprint density at radius 2 is 1.72 bits per heavy atom. The van der Waals surface area contributed by atoms with Gasteiger partial charge in [-0.2, -0.15) is 13.2 Å². The van der Waals surface area contributed by atoms with Crippen molar-refractivity contribution < 1.29 is 18.0 Å². The van der Waals surface area contributed by atoms with Crippen molar-refractivity contribution in [3.63, 3.8) is 0 Å². The summed E-state index contributed by atoms with van der Waals surface area (Å²) < 4.78 is 38.4. The minimum Gasteiger partial charge on any atom is -0.348 e. The minimum atomic E-state index is -4.46. The van der Waals surface area contributed by atoms with Crippen LogP contribution in [0.1, 0.15) is 32.7 Å². The summed E-state index contributed by atoms with van der Waals surface area (Å²) >= 11 is 0. The van der Waals surface area contributed by atoms with Crippen molar-refractivity contribution in [2.75, 3.05) is 13.6 Å². The van der Waals surface area contributed by atoms with Crippen molar-refractivity contribution in [3.05, 3.63) is 105 Å². The molecule has 0 atom stereocenters. The summed E-state index contributed by atoms with van der Waals surface area (Å²) in [5.74, 6) is -0.646. The van der Waals surface area contributed by atoms with E-state index in [1.807, 2.05) is 25.2 Å². The van der Waals surface area contributed by atoms with E-state index in [2.05, 4.69) is 27.3 Å². The van der Waals surface area contributed by atoms with Crippen molar-refractivity contribution in [2.45, 2.75) is 25.7 Å². The molecule has 32 heavy (non-hydrogen) atoms. The summed E-state index contributed by atoms with van der Waals surface area (Å²) in [5, 5.41) is 2.50. The van der Waals surface area contributed by atoms with Crippen LogP contribution in [0.4, 0.5) is 13.2 Å². The number of amides is 1. The fourth-order valence-corrected chi connectivity index (χ4v) is 3.26. The average Bonchev–Trinajstić information content (AvgIpc) is 2.76. The van der Waals surface area contributed by atoms with Gasteiger partial charge in [-0.15, -0.1) is 0 Å². The maximum absolute atomic E-state index is 12.8. The number of pyridine rings is 1. The van der Waals surface area contributed by atoms with Crippen molar-refractivity contribution in [1.82, 2.24) is 15.2 Å². The first kappa shape index (κ1) is 23.3. The van der Waals surface area contributed by atoms with Crippen molar-refractivity contribution in [3.8, 4) is 0 Å². The Kier molecular flexibility index (Phi) is 7.48. The number of alkyl halides is 3. The van der Waals surface area contributed by atoms with Crippen LogP contribution in [-0.4, -0.2) is 29.4 Å². The van der Waals surface area contributed by atoms with E-state index in [9.17, 15) is 22.8 Å². The van der Waals surface area contributed by atoms with Gasteiger partial charge in [0, 0.05) is 25.3 Å². The van der Waals surface area contributed by atoms with Crippen LogP contribution in [0, 0.1) is 0 Å². The van der Waals surface area contributed by atoms with E-state index in [0.29, 0.717) is 17.8 Å². The predicted molar refractivity (Wildman–Crippen MR) is 116 cm³/mol. The lowest BCUT2D eigenvalue weighted by atomic mass is 10.1. The van der Waals surface area contributed by atoms with Gasteiger partial charge in [-0.3, -0.25) is 9.59 Å². The van der Waals surface area contributed by atoms with E-state index < -0.39 is 23.2 Å². The third-order valence-electron chi connectivity index (χ3n) is 4.99. The van der Waals surface area contributed by atoms with Gasteiger partial charge in [0.15, 0.2) is 0 Å². The van der Waals surface area contributed by atoms with Gasteiger partial charge in [-0.1, -0.05) is 42.5 Å². The summed E-state index contributed by atoms with van der Waals surface area (Å²) in [7, 11) is 1.94. The molecular weight excluding hydrogens is 419 g/mol. The quantitative estimate of drug-likeness (QED) is 0.553. The number of H-pyrrole nitrogens is 1. The molecule has 0 aliphatic rings. The molecule has 0 saturated carbocycles. The third-order valence-corrected chi connectivity index (χ3v) is 4.99. The Labute approximate surface area is 183 Å². The number of aromatic nitrogens is 1. The van der Waals surface area contributed by atoms with E-state index in [0.717, 1.165) is 25.1 Å². The molecule has 2 aromatic carbocycles. The summed E-state index contributed by atoms with van der Waals surface area (Å²) in [6.07, 6.45) is -3.58. The van der Waals surface area contributed by atoms with Crippen LogP contribution in [0.5, 0.6) is 0 Å². The van der Waals surface area contributed by atoms with Crippen molar-refractivity contribution in [2.24, 2.45) is 0 Å². The molecule has 3 rings (SSSR count). The van der Waals surface area contributed by atoms with Gasteiger partial charge in [-0.05, 0) is 48.9 Å². The molecular formula is C24H24F3N3O2. The van der Waals surface area contributed by atoms with Crippen LogP contribution < -0.4 is 10.9 Å². The van der Waals surface area contributed by atoms with E-state index in [4.69, 9.17) is 0 Å². The number of halogens is 3. The Bertz CT molecular complexity index is 1110. The average molecular weight is 443 g/mol. The van der Waals surface area contributed by atoms with E-state index in [1.54, 1.807) is 6.07 Å². The van der Waals surface area contributed by atoms with Gasteiger partial charge in [0.1, 0.15) is 5.56 Å². The highest BCUT2D eigenvalue weighted by atomic mass is 19.4. The molecule has 1 aromatic heterocycles. The monoisotopic (exact) mass is 443 g/mol. The summed E-state index contributed by atoms with van der Waals surface area (Å²) in [5.41, 5.74) is 0.762. The zero-order chi connectivity index (χ0) is 23.1. The highest BCUT2D eigenvalue weighted by molar-refractivity contribution is 5.93. The molecule has 5 nitrogen and oxygen atoms in total. The van der Waals surface area contributed by atoms with Crippen molar-refractivity contribution in [1.29, 1.82) is 0 Å². The zero-order valence-electron chi connectivity index (χ0n) is 17.6. The second kappa shape index (κ2) is 10.3. The molecule has 0 aliphatic carbocycles. The van der Waals surface area contributed by atoms with Crippen LogP contribution in [0.3, 0.4) is 0 Å². The standard InChI is InChI=1S/C24H24F3N3O2/c1-30(13-12-17-6-3-2-4-7-17)16-20-10-11-21(23(32)29-20)22(31)28-15-18-8-5-9-19(14-18)24(25,26)27/h2-11,14H,12-13,15-16H2,1H3,(H,28,31)(H,29,32). The lowest BCUT2D eigenvalue weighted by Crippen LogP contribution is -2.30. The molecule has 0 unspecified atom stereocenters. The van der Waals surface area contributed by atoms with Crippen LogP contribution in [0.15, 0.2) is 71.5 Å². The number of aromatic amines is 1. The zero-order valence-corrected chi connectivity index (χ0v) is 17.6. The summed E-state index contributed by atoms with van der Waals surface area (Å²) in [6, 6.07) is 17.9. The number of hydrogen-bond donors (Lipinski definition) is 2. The smallest absolute Gasteiger partial charge is 0.348 e. The fourth-order valence-electron chi connectivity index (χ4n) is 3.26. The molecule has 1 amide bonds. The van der Waals surface area contributed by atoms with Gasteiger partial charge in [-0.25, -0.2) is 0 Å². The molecule has 2 N–H and O–H groups in total. The number of benzene rings is 2. The normalized spacial score (nSPS) is 11.5. The third kappa shape index (κ3) is 6.55. The summed E-state index contributed by atoms with van der Waals surface area (Å²) in [4.78, 5) is 29.5. The fraction of sp³-hybridized carbons (Fsp3) is 0.250. The molecule has 3 aromatic rings.